The van der Waals surface area contributed by atoms with Crippen LogP contribution in [0.25, 0.3) is 0 Å². The summed E-state index contributed by atoms with van der Waals surface area (Å²) >= 11 is 18.1. The van der Waals surface area contributed by atoms with Crippen LogP contribution in [0.4, 0.5) is 4.39 Å². The van der Waals surface area contributed by atoms with Gasteiger partial charge in [0.05, 0.1) is 15.1 Å². The second kappa shape index (κ2) is 7.46. The molecule has 0 aromatic heterocycles. The number of likely N-dealkylation sites (N-methyl/N-ethyl adjacent to an activating group) is 1. The second-order valence-electron chi connectivity index (χ2n) is 4.71. The Kier molecular flexibility index (Phi) is 5.88. The molecule has 0 heterocycles. The van der Waals surface area contributed by atoms with Gasteiger partial charge in [0.25, 0.3) is 0 Å². The third kappa shape index (κ3) is 4.10. The first-order valence-corrected chi connectivity index (χ1v) is 7.77. The Balaban J connectivity index is 2.30. The number of hydrogen-bond donors (Lipinski definition) is 1. The molecule has 2 aromatic carbocycles. The lowest BCUT2D eigenvalue weighted by Gasteiger charge is -2.20. The van der Waals surface area contributed by atoms with Crippen LogP contribution in [0.1, 0.15) is 24.1 Å². The van der Waals surface area contributed by atoms with Gasteiger partial charge in [0.2, 0.25) is 0 Å². The van der Waals surface area contributed by atoms with Crippen molar-refractivity contribution in [2.24, 2.45) is 0 Å². The van der Waals surface area contributed by atoms with Crippen LogP contribution >= 0.6 is 34.8 Å². The molecule has 0 fully saturated rings. The van der Waals surface area contributed by atoms with E-state index in [1.165, 1.54) is 6.07 Å². The zero-order valence-electron chi connectivity index (χ0n) is 11.5. The van der Waals surface area contributed by atoms with Crippen LogP contribution in [0.2, 0.25) is 15.1 Å². The molecule has 1 nitrogen and oxygen atoms in total. The molecule has 0 amide bonds. The van der Waals surface area contributed by atoms with Gasteiger partial charge in [-0.05, 0) is 42.3 Å². The molecule has 0 radical (unpaired) electrons. The Labute approximate surface area is 139 Å². The summed E-state index contributed by atoms with van der Waals surface area (Å²) < 4.78 is 13.6. The Morgan fingerprint density at radius 2 is 1.86 bits per heavy atom. The molecule has 0 bridgehead atoms. The first kappa shape index (κ1) is 16.6. The highest BCUT2D eigenvalue weighted by molar-refractivity contribution is 6.42. The number of hydrogen-bond acceptors (Lipinski definition) is 1. The summed E-state index contributed by atoms with van der Waals surface area (Å²) in [4.78, 5) is 0. The van der Waals surface area contributed by atoms with Crippen molar-refractivity contribution in [3.8, 4) is 0 Å². The highest BCUT2D eigenvalue weighted by Crippen LogP contribution is 2.32. The largest absolute Gasteiger partial charge is 0.310 e. The number of rotatable bonds is 5. The van der Waals surface area contributed by atoms with Gasteiger partial charge in [-0.25, -0.2) is 4.39 Å². The maximum Gasteiger partial charge on any atom is 0.142 e. The van der Waals surface area contributed by atoms with Crippen molar-refractivity contribution in [3.05, 3.63) is 68.4 Å². The fourth-order valence-electron chi connectivity index (χ4n) is 2.23. The van der Waals surface area contributed by atoms with Crippen molar-refractivity contribution in [2.45, 2.75) is 19.4 Å². The topological polar surface area (TPSA) is 12.0 Å². The molecule has 0 saturated carbocycles. The van der Waals surface area contributed by atoms with Crippen molar-refractivity contribution < 1.29 is 4.39 Å². The van der Waals surface area contributed by atoms with E-state index in [9.17, 15) is 4.39 Å². The summed E-state index contributed by atoms with van der Waals surface area (Å²) in [6.07, 6.45) is 0.599. The normalized spacial score (nSPS) is 12.4. The third-order valence-electron chi connectivity index (χ3n) is 3.23. The molecule has 2 rings (SSSR count). The van der Waals surface area contributed by atoms with Gasteiger partial charge in [-0.1, -0.05) is 59.9 Å². The highest BCUT2D eigenvalue weighted by Gasteiger charge is 2.16. The van der Waals surface area contributed by atoms with Gasteiger partial charge >= 0.3 is 0 Å². The maximum absolute atomic E-state index is 13.6. The number of benzene rings is 2. The van der Waals surface area contributed by atoms with Crippen LogP contribution in [0.15, 0.2) is 36.4 Å². The minimum atomic E-state index is -0.415. The maximum atomic E-state index is 13.6. The molecule has 1 N–H and O–H groups in total. The summed E-state index contributed by atoms with van der Waals surface area (Å²) in [6, 6.07) is 10.3. The average Bonchev–Trinajstić information content (AvgIpc) is 2.45. The van der Waals surface area contributed by atoms with Gasteiger partial charge in [-0.3, -0.25) is 0 Å². The molecule has 1 unspecified atom stereocenters. The van der Waals surface area contributed by atoms with Crippen LogP contribution in [-0.2, 0) is 6.42 Å². The van der Waals surface area contributed by atoms with E-state index in [1.807, 2.05) is 25.1 Å². The van der Waals surface area contributed by atoms with Crippen molar-refractivity contribution in [3.63, 3.8) is 0 Å². The molecular formula is C16H15Cl3FN. The van der Waals surface area contributed by atoms with E-state index in [2.05, 4.69) is 5.32 Å². The van der Waals surface area contributed by atoms with Crippen molar-refractivity contribution in [1.29, 1.82) is 0 Å². The van der Waals surface area contributed by atoms with E-state index < -0.39 is 5.82 Å². The molecule has 0 aliphatic heterocycles. The van der Waals surface area contributed by atoms with E-state index in [4.69, 9.17) is 34.8 Å². The Hall–Kier alpha value is -0.800. The SMILES string of the molecule is CCNC(Cc1ccc(Cl)c(F)c1)c1cccc(Cl)c1Cl. The van der Waals surface area contributed by atoms with Crippen LogP contribution in [0.3, 0.4) is 0 Å². The fourth-order valence-corrected chi connectivity index (χ4v) is 2.79. The van der Waals surface area contributed by atoms with Crippen LogP contribution in [-0.4, -0.2) is 6.54 Å². The zero-order chi connectivity index (χ0) is 15.4. The third-order valence-corrected chi connectivity index (χ3v) is 4.37. The van der Waals surface area contributed by atoms with Crippen LogP contribution in [0.5, 0.6) is 0 Å². The smallest absolute Gasteiger partial charge is 0.142 e. The average molecular weight is 347 g/mol. The summed E-state index contributed by atoms with van der Waals surface area (Å²) in [5, 5.41) is 4.52. The Morgan fingerprint density at radius 1 is 1.10 bits per heavy atom. The van der Waals surface area contributed by atoms with E-state index in [-0.39, 0.29) is 11.1 Å². The van der Waals surface area contributed by atoms with E-state index in [0.717, 1.165) is 17.7 Å². The molecule has 0 saturated heterocycles. The quantitative estimate of drug-likeness (QED) is 0.734. The second-order valence-corrected chi connectivity index (χ2v) is 5.90. The van der Waals surface area contributed by atoms with E-state index >= 15 is 0 Å². The molecule has 5 heteroatoms. The van der Waals surface area contributed by atoms with Gasteiger partial charge in [-0.2, -0.15) is 0 Å². The lowest BCUT2D eigenvalue weighted by Crippen LogP contribution is -2.23. The van der Waals surface area contributed by atoms with E-state index in [0.29, 0.717) is 16.5 Å². The number of nitrogens with one attached hydrogen (secondary N) is 1. The lowest BCUT2D eigenvalue weighted by atomic mass is 9.98. The summed E-state index contributed by atoms with van der Waals surface area (Å²) in [6.45, 7) is 2.78. The predicted molar refractivity (Wildman–Crippen MR) is 88.0 cm³/mol. The highest BCUT2D eigenvalue weighted by atomic mass is 35.5. The molecule has 0 aliphatic carbocycles. The molecule has 0 spiro atoms. The predicted octanol–water partition coefficient (Wildman–Crippen LogP) is 5.68. The minimum Gasteiger partial charge on any atom is -0.310 e. The molecule has 1 atom stereocenters. The summed E-state index contributed by atoms with van der Waals surface area (Å²) in [5.74, 6) is -0.415. The molecule has 0 aliphatic rings. The van der Waals surface area contributed by atoms with Crippen molar-refractivity contribution >= 4 is 34.8 Å². The first-order chi connectivity index (χ1) is 10.0. The van der Waals surface area contributed by atoms with Crippen molar-refractivity contribution in [1.82, 2.24) is 5.32 Å². The molecule has 112 valence electrons. The lowest BCUT2D eigenvalue weighted by molar-refractivity contribution is 0.547. The first-order valence-electron chi connectivity index (χ1n) is 6.64. The molecule has 21 heavy (non-hydrogen) atoms. The standard InChI is InChI=1S/C16H15Cl3FN/c1-2-21-15(11-4-3-5-13(18)16(11)19)9-10-6-7-12(17)14(20)8-10/h3-8,15,21H,2,9H2,1H3. The fraction of sp³-hybridized carbons (Fsp3) is 0.250. The van der Waals surface area contributed by atoms with Crippen LogP contribution in [0, 0.1) is 5.82 Å². The zero-order valence-corrected chi connectivity index (χ0v) is 13.7. The van der Waals surface area contributed by atoms with Gasteiger partial charge in [0.15, 0.2) is 0 Å². The van der Waals surface area contributed by atoms with Crippen molar-refractivity contribution in [2.75, 3.05) is 6.54 Å². The Morgan fingerprint density at radius 3 is 2.52 bits per heavy atom. The summed E-state index contributed by atoms with van der Waals surface area (Å²) in [5.41, 5.74) is 1.75. The Bertz CT molecular complexity index is 631. The van der Waals surface area contributed by atoms with Gasteiger partial charge in [0.1, 0.15) is 5.82 Å². The monoisotopic (exact) mass is 345 g/mol. The number of halogens is 4. The van der Waals surface area contributed by atoms with E-state index in [1.54, 1.807) is 12.1 Å². The molecular weight excluding hydrogens is 332 g/mol. The van der Waals surface area contributed by atoms with Gasteiger partial charge in [-0.15, -0.1) is 0 Å². The summed E-state index contributed by atoms with van der Waals surface area (Å²) in [7, 11) is 0. The van der Waals surface area contributed by atoms with Gasteiger partial charge in [0, 0.05) is 6.04 Å². The van der Waals surface area contributed by atoms with Crippen LogP contribution < -0.4 is 5.32 Å². The molecule has 2 aromatic rings. The minimum absolute atomic E-state index is 0.0400. The van der Waals surface area contributed by atoms with Gasteiger partial charge < -0.3 is 5.32 Å².